The molecule has 1 amide bonds. The summed E-state index contributed by atoms with van der Waals surface area (Å²) < 4.78 is 9.92. The van der Waals surface area contributed by atoms with E-state index in [4.69, 9.17) is 20.3 Å². The third-order valence-electron chi connectivity index (χ3n) is 2.35. The zero-order valence-electron chi connectivity index (χ0n) is 11.0. The summed E-state index contributed by atoms with van der Waals surface area (Å²) in [6, 6.07) is 7.91. The molecule has 1 rings (SSSR count). The molecule has 0 bridgehead atoms. The Balaban J connectivity index is 2.36. The molecule has 7 heteroatoms. The predicted octanol–water partition coefficient (Wildman–Crippen LogP) is 0.341. The smallest absolute Gasteiger partial charge is 0.408 e. The number of hydrogen-bond acceptors (Lipinski definition) is 5. The molecule has 0 radical (unpaired) electrons. The Labute approximate surface area is 116 Å². The largest absolute Gasteiger partial charge is 0.480 e. The highest BCUT2D eigenvalue weighted by molar-refractivity contribution is 5.79. The Kier molecular flexibility index (Phi) is 7.08. The van der Waals surface area contributed by atoms with E-state index >= 15 is 0 Å². The van der Waals surface area contributed by atoms with Crippen LogP contribution in [0.5, 0.6) is 0 Å². The van der Waals surface area contributed by atoms with E-state index in [1.54, 1.807) is 12.1 Å². The molecule has 1 aromatic rings. The topological polar surface area (TPSA) is 111 Å². The van der Waals surface area contributed by atoms with Crippen LogP contribution in [-0.4, -0.2) is 43.0 Å². The van der Waals surface area contributed by atoms with E-state index in [0.717, 1.165) is 5.56 Å². The molecule has 0 aliphatic heterocycles. The van der Waals surface area contributed by atoms with E-state index in [2.05, 4.69) is 5.32 Å². The molecule has 0 unspecified atom stereocenters. The van der Waals surface area contributed by atoms with E-state index < -0.39 is 18.1 Å². The van der Waals surface area contributed by atoms with Crippen molar-refractivity contribution >= 4 is 12.1 Å². The lowest BCUT2D eigenvalue weighted by atomic mass is 10.2. The van der Waals surface area contributed by atoms with Gasteiger partial charge in [0.1, 0.15) is 6.61 Å². The summed E-state index contributed by atoms with van der Waals surface area (Å²) in [5.41, 5.74) is 6.03. The lowest BCUT2D eigenvalue weighted by Gasteiger charge is -2.14. The maximum absolute atomic E-state index is 11.5. The third kappa shape index (κ3) is 6.17. The fraction of sp³-hybridized carbons (Fsp3) is 0.385. The second kappa shape index (κ2) is 8.89. The van der Waals surface area contributed by atoms with Gasteiger partial charge >= 0.3 is 12.1 Å². The van der Waals surface area contributed by atoms with Gasteiger partial charge in [-0.1, -0.05) is 30.3 Å². The van der Waals surface area contributed by atoms with Gasteiger partial charge in [-0.15, -0.1) is 0 Å². The highest BCUT2D eigenvalue weighted by Gasteiger charge is 2.20. The minimum Gasteiger partial charge on any atom is -0.480 e. The average molecular weight is 282 g/mol. The second-order valence-corrected chi connectivity index (χ2v) is 3.96. The third-order valence-corrected chi connectivity index (χ3v) is 2.35. The molecule has 0 aromatic heterocycles. The fourth-order valence-electron chi connectivity index (χ4n) is 1.37. The highest BCUT2D eigenvalue weighted by Crippen LogP contribution is 2.00. The number of carbonyl (C=O) groups is 2. The Morgan fingerprint density at radius 1 is 1.30 bits per heavy atom. The van der Waals surface area contributed by atoms with Gasteiger partial charge in [-0.2, -0.15) is 0 Å². The van der Waals surface area contributed by atoms with Crippen molar-refractivity contribution in [3.63, 3.8) is 0 Å². The van der Waals surface area contributed by atoms with Crippen molar-refractivity contribution in [2.45, 2.75) is 12.6 Å². The van der Waals surface area contributed by atoms with Crippen molar-refractivity contribution in [2.75, 3.05) is 19.8 Å². The zero-order valence-corrected chi connectivity index (χ0v) is 11.0. The van der Waals surface area contributed by atoms with Gasteiger partial charge in [0, 0.05) is 6.54 Å². The van der Waals surface area contributed by atoms with Gasteiger partial charge in [-0.3, -0.25) is 0 Å². The fourth-order valence-corrected chi connectivity index (χ4v) is 1.37. The van der Waals surface area contributed by atoms with Crippen molar-refractivity contribution in [2.24, 2.45) is 5.73 Å². The van der Waals surface area contributed by atoms with Gasteiger partial charge in [-0.25, -0.2) is 9.59 Å². The molecule has 0 aliphatic carbocycles. The van der Waals surface area contributed by atoms with Crippen LogP contribution in [0.25, 0.3) is 0 Å². The molecule has 0 aliphatic rings. The molecule has 4 N–H and O–H groups in total. The van der Waals surface area contributed by atoms with Crippen molar-refractivity contribution in [1.29, 1.82) is 0 Å². The van der Waals surface area contributed by atoms with Crippen molar-refractivity contribution in [3.8, 4) is 0 Å². The van der Waals surface area contributed by atoms with Gasteiger partial charge in [0.15, 0.2) is 6.04 Å². The van der Waals surface area contributed by atoms with Crippen LogP contribution in [-0.2, 0) is 20.9 Å². The molecule has 0 heterocycles. The van der Waals surface area contributed by atoms with Crippen LogP contribution >= 0.6 is 0 Å². The molecule has 0 saturated heterocycles. The second-order valence-electron chi connectivity index (χ2n) is 3.96. The van der Waals surface area contributed by atoms with E-state index in [-0.39, 0.29) is 26.4 Å². The maximum atomic E-state index is 11.5. The number of alkyl carbamates (subject to hydrolysis) is 1. The number of ether oxygens (including phenoxy) is 2. The summed E-state index contributed by atoms with van der Waals surface area (Å²) in [6.45, 7) is 0.422. The average Bonchev–Trinajstić information content (AvgIpc) is 2.45. The van der Waals surface area contributed by atoms with E-state index in [9.17, 15) is 9.59 Å². The number of hydrogen-bond donors (Lipinski definition) is 3. The summed E-state index contributed by atoms with van der Waals surface area (Å²) >= 11 is 0. The number of aliphatic carboxylic acids is 1. The quantitative estimate of drug-likeness (QED) is 0.593. The first kappa shape index (κ1) is 15.9. The minimum atomic E-state index is -1.20. The van der Waals surface area contributed by atoms with E-state index in [0.29, 0.717) is 0 Å². The van der Waals surface area contributed by atoms with E-state index in [1.807, 2.05) is 18.2 Å². The van der Waals surface area contributed by atoms with Crippen LogP contribution in [0.1, 0.15) is 5.56 Å². The first-order chi connectivity index (χ1) is 9.63. The predicted molar refractivity (Wildman–Crippen MR) is 71.1 cm³/mol. The Bertz CT molecular complexity index is 424. The normalized spacial score (nSPS) is 11.7. The number of nitrogens with two attached hydrogens (primary N) is 1. The van der Waals surface area contributed by atoms with Crippen LogP contribution < -0.4 is 11.1 Å². The first-order valence-electron chi connectivity index (χ1n) is 6.11. The first-order valence-corrected chi connectivity index (χ1v) is 6.11. The van der Waals surface area contributed by atoms with Crippen molar-refractivity contribution in [1.82, 2.24) is 5.32 Å². The molecule has 1 aromatic carbocycles. The summed E-state index contributed by atoms with van der Waals surface area (Å²) in [5, 5.41) is 11.1. The summed E-state index contributed by atoms with van der Waals surface area (Å²) in [7, 11) is 0. The lowest BCUT2D eigenvalue weighted by molar-refractivity contribution is -0.141. The number of nitrogens with one attached hydrogen (secondary N) is 1. The number of rotatable bonds is 8. The van der Waals surface area contributed by atoms with Crippen molar-refractivity contribution in [3.05, 3.63) is 35.9 Å². The van der Waals surface area contributed by atoms with Crippen LogP contribution in [0.3, 0.4) is 0 Å². The van der Waals surface area contributed by atoms with Crippen LogP contribution in [0, 0.1) is 0 Å². The highest BCUT2D eigenvalue weighted by atomic mass is 16.5. The molecule has 7 nitrogen and oxygen atoms in total. The SMILES string of the molecule is NCCOC[C@H](NC(=O)OCc1ccccc1)C(=O)O. The molecule has 0 fully saturated rings. The number of carboxylic acid groups (broad SMARTS) is 1. The number of carbonyl (C=O) groups excluding carboxylic acids is 1. The number of carboxylic acids is 1. The molecule has 1 atom stereocenters. The van der Waals surface area contributed by atoms with Gasteiger partial charge < -0.3 is 25.6 Å². The summed E-state index contributed by atoms with van der Waals surface area (Å²) in [6.07, 6.45) is -0.808. The molecular formula is C13H18N2O5. The van der Waals surface area contributed by atoms with Crippen LogP contribution in [0.15, 0.2) is 30.3 Å². The number of amides is 1. The molecule has 110 valence electrons. The Morgan fingerprint density at radius 3 is 2.60 bits per heavy atom. The molecule has 0 spiro atoms. The van der Waals surface area contributed by atoms with Gasteiger partial charge in [0.2, 0.25) is 0 Å². The minimum absolute atomic E-state index is 0.0721. The maximum Gasteiger partial charge on any atom is 0.408 e. The summed E-state index contributed by atoms with van der Waals surface area (Å²) in [5.74, 6) is -1.20. The zero-order chi connectivity index (χ0) is 14.8. The van der Waals surface area contributed by atoms with Gasteiger partial charge in [-0.05, 0) is 5.56 Å². The van der Waals surface area contributed by atoms with Crippen LogP contribution in [0.4, 0.5) is 4.79 Å². The number of benzene rings is 1. The Morgan fingerprint density at radius 2 is 2.00 bits per heavy atom. The molecule has 0 saturated carbocycles. The molecular weight excluding hydrogens is 264 g/mol. The van der Waals surface area contributed by atoms with Crippen LogP contribution in [0.2, 0.25) is 0 Å². The lowest BCUT2D eigenvalue weighted by Crippen LogP contribution is -2.44. The standard InChI is InChI=1S/C13H18N2O5/c14-6-7-19-9-11(12(16)17)15-13(18)20-8-10-4-2-1-3-5-10/h1-5,11H,6-9,14H2,(H,15,18)(H,16,17)/t11-/m0/s1. The van der Waals surface area contributed by atoms with Gasteiger partial charge in [0.05, 0.1) is 13.2 Å². The Hall–Kier alpha value is -2.12. The van der Waals surface area contributed by atoms with Crippen molar-refractivity contribution < 1.29 is 24.2 Å². The van der Waals surface area contributed by atoms with Gasteiger partial charge in [0.25, 0.3) is 0 Å². The summed E-state index contributed by atoms with van der Waals surface area (Å²) in [4.78, 5) is 22.4. The van der Waals surface area contributed by atoms with E-state index in [1.165, 1.54) is 0 Å². The molecule has 20 heavy (non-hydrogen) atoms. The monoisotopic (exact) mass is 282 g/mol.